The van der Waals surface area contributed by atoms with Gasteiger partial charge in [-0.15, -0.1) is 106 Å². The number of nitrogens with zero attached hydrogens (tertiary/aromatic N) is 2. The third kappa shape index (κ3) is 41.1. The number of rotatable bonds is 34. The van der Waals surface area contributed by atoms with Gasteiger partial charge in [0.2, 0.25) is 12.8 Å². The molecule has 0 aromatic carbocycles. The minimum absolute atomic E-state index is 0.00671. The molecule has 0 spiro atoms. The van der Waals surface area contributed by atoms with Gasteiger partial charge in [0, 0.05) is 55.2 Å². The molecule has 0 unspecified atom stereocenters. The highest BCUT2D eigenvalue weighted by Crippen LogP contribution is 2.22. The van der Waals surface area contributed by atoms with Crippen molar-refractivity contribution in [1.29, 1.82) is 0 Å². The van der Waals surface area contributed by atoms with E-state index in [9.17, 15) is 9.59 Å². The van der Waals surface area contributed by atoms with Crippen LogP contribution in [0.2, 0.25) is 0 Å². The molecule has 0 aliphatic rings. The largest absolute Gasteiger partial charge is 0.449 e. The van der Waals surface area contributed by atoms with E-state index >= 15 is 0 Å². The summed E-state index contributed by atoms with van der Waals surface area (Å²) in [6, 6.07) is 0. The van der Waals surface area contributed by atoms with Crippen LogP contribution in [0.25, 0.3) is 0 Å². The second-order valence-corrected chi connectivity index (χ2v) is 19.4. The van der Waals surface area contributed by atoms with Gasteiger partial charge in [-0.3, -0.25) is 4.79 Å². The summed E-state index contributed by atoms with van der Waals surface area (Å²) in [5.41, 5.74) is 0. The van der Waals surface area contributed by atoms with E-state index in [1.807, 2.05) is 0 Å². The summed E-state index contributed by atoms with van der Waals surface area (Å²) < 4.78 is 4.86. The normalized spacial score (nSPS) is 11.3. The van der Waals surface area contributed by atoms with Crippen molar-refractivity contribution in [2.75, 3.05) is 91.5 Å². The van der Waals surface area contributed by atoms with Gasteiger partial charge in [-0.1, -0.05) is 11.8 Å². The molecule has 13 nitrogen and oxygen atoms in total. The van der Waals surface area contributed by atoms with Crippen LogP contribution in [0.5, 0.6) is 0 Å². The molecule has 0 aromatic heterocycles. The number of aliphatic imine (C=N–C) groups is 2. The zero-order chi connectivity index (χ0) is 32.7. The van der Waals surface area contributed by atoms with Crippen molar-refractivity contribution in [2.24, 2.45) is 9.98 Å². The van der Waals surface area contributed by atoms with Gasteiger partial charge in [0.1, 0.15) is 5.94 Å². The average Bonchev–Trinajstić information content (AvgIpc) is 3.04. The number of amides is 2. The first-order chi connectivity index (χ1) is 22.2. The monoisotopic (exact) mass is 826 g/mol. The summed E-state index contributed by atoms with van der Waals surface area (Å²) in [4.78, 5) is 50.8. The number of nitrogens with one attached hydrogen (secondary N) is 2. The van der Waals surface area contributed by atoms with Gasteiger partial charge in [-0.05, 0) is 6.42 Å². The second-order valence-electron chi connectivity index (χ2n) is 7.11. The van der Waals surface area contributed by atoms with Crippen LogP contribution in [0.3, 0.4) is 0 Å². The Morgan fingerprint density at radius 3 is 1.82 bits per heavy atom. The Bertz CT molecular complexity index is 728. The lowest BCUT2D eigenvalue weighted by Gasteiger charge is -2.05. The lowest BCUT2D eigenvalue weighted by atomic mass is 10.5. The zero-order valence-electron chi connectivity index (χ0n) is 24.6. The lowest BCUT2D eigenvalue weighted by molar-refractivity contribution is -0.217. The average molecular weight is 827 g/mol. The standard InChI is InChI=1S/C22H42N4O9S10/c27-3-1-5-31-21(29)25-11-38-16-41-14-37-10-24-8-34-35-13-40-18-43-19-44-20-45-22(30)26-12-39-17-42-15-36-9-23-7-33-32-6-2-4-28/h7-8,27-28H,1-6,9-20H2,(H,25,29)(H,26,30)/b23-7+,24-8+. The van der Waals surface area contributed by atoms with Crippen LogP contribution < -0.4 is 10.6 Å². The summed E-state index contributed by atoms with van der Waals surface area (Å²) in [6.07, 6.45) is 3.07. The first-order valence-corrected chi connectivity index (χ1v) is 24.3. The molecular weight excluding hydrogens is 785 g/mol. The fourth-order valence-corrected chi connectivity index (χ4v) is 11.7. The number of hydrogen-bond donors (Lipinski definition) is 4. The summed E-state index contributed by atoms with van der Waals surface area (Å²) >= 11 is 16.4. The van der Waals surface area contributed by atoms with Crippen molar-refractivity contribution >= 4 is 142 Å². The van der Waals surface area contributed by atoms with Crippen molar-refractivity contribution in [3.63, 3.8) is 0 Å². The number of aliphatic hydroxyl groups excluding tert-OH is 2. The molecule has 264 valence electrons. The fraction of sp³-hybridized carbons (Fsp3) is 0.818. The summed E-state index contributed by atoms with van der Waals surface area (Å²) in [6.45, 7) is 0.634. The number of thioether (sulfide) groups is 10. The van der Waals surface area contributed by atoms with E-state index in [0.29, 0.717) is 54.0 Å². The van der Waals surface area contributed by atoms with E-state index < -0.39 is 6.09 Å². The Labute approximate surface area is 308 Å². The van der Waals surface area contributed by atoms with Crippen LogP contribution in [-0.2, 0) is 24.3 Å². The Hall–Kier alpha value is 1.02. The molecule has 0 bridgehead atoms. The van der Waals surface area contributed by atoms with Crippen molar-refractivity contribution in [3.05, 3.63) is 0 Å². The predicted molar refractivity (Wildman–Crippen MR) is 207 cm³/mol. The van der Waals surface area contributed by atoms with Crippen LogP contribution >= 0.6 is 118 Å². The van der Waals surface area contributed by atoms with E-state index in [0.717, 1.165) is 30.5 Å². The summed E-state index contributed by atoms with van der Waals surface area (Å²) in [5.74, 6) is 2.64. The SMILES string of the molecule is O=C(NCSCSCSC/N=C/OOCSCSCSCSC(=O)NCSCSCSC/N=C/OOCCCO)OCCCO. The van der Waals surface area contributed by atoms with Gasteiger partial charge in [-0.25, -0.2) is 14.8 Å². The molecular formula is C22H42N4O9S10. The quantitative estimate of drug-likeness (QED) is 0.0150. The minimum Gasteiger partial charge on any atom is -0.449 e. The van der Waals surface area contributed by atoms with Crippen LogP contribution in [0.4, 0.5) is 9.59 Å². The van der Waals surface area contributed by atoms with Crippen LogP contribution in [-0.4, -0.2) is 126 Å². The number of carbonyl (C=O) groups excluding carboxylic acids is 2. The molecule has 0 rings (SSSR count). The molecule has 4 N–H and O–H groups in total. The Kier molecular flexibility index (Phi) is 42.1. The Balaban J connectivity index is 3.25. The Morgan fingerprint density at radius 2 is 1.16 bits per heavy atom. The summed E-state index contributed by atoms with van der Waals surface area (Å²) in [7, 11) is 0. The third-order valence-electron chi connectivity index (χ3n) is 3.67. The predicted octanol–water partition coefficient (Wildman–Crippen LogP) is 5.96. The molecule has 23 heteroatoms. The number of alkyl carbamates (subject to hydrolysis) is 1. The Morgan fingerprint density at radius 1 is 0.622 bits per heavy atom. The van der Waals surface area contributed by atoms with E-state index in [1.54, 1.807) is 106 Å². The molecule has 0 aromatic rings. The highest BCUT2D eigenvalue weighted by atomic mass is 32.3. The molecule has 0 radical (unpaired) electrons. The third-order valence-corrected chi connectivity index (χ3v) is 14.8. The van der Waals surface area contributed by atoms with E-state index in [-0.39, 0.29) is 25.1 Å². The highest BCUT2D eigenvalue weighted by molar-refractivity contribution is 8.29. The smallest absolute Gasteiger partial charge is 0.407 e. The molecule has 0 saturated carbocycles. The first kappa shape index (κ1) is 46.0. The number of hydrogen-bond acceptors (Lipinski definition) is 21. The topological polar surface area (TPSA) is 170 Å². The van der Waals surface area contributed by atoms with Crippen LogP contribution in [0.1, 0.15) is 12.8 Å². The maximum atomic E-state index is 11.9. The van der Waals surface area contributed by atoms with E-state index in [4.69, 9.17) is 34.5 Å². The molecule has 0 heterocycles. The van der Waals surface area contributed by atoms with Gasteiger partial charge in [0.15, 0.2) is 0 Å². The first-order valence-electron chi connectivity index (χ1n) is 13.0. The van der Waals surface area contributed by atoms with Crippen molar-refractivity contribution in [3.8, 4) is 0 Å². The number of ether oxygens (including phenoxy) is 1. The molecule has 0 fully saturated rings. The van der Waals surface area contributed by atoms with Crippen LogP contribution in [0.15, 0.2) is 9.98 Å². The van der Waals surface area contributed by atoms with Crippen molar-refractivity contribution in [1.82, 2.24) is 10.6 Å². The van der Waals surface area contributed by atoms with Gasteiger partial charge < -0.3 is 35.4 Å². The van der Waals surface area contributed by atoms with Crippen molar-refractivity contribution < 1.29 is 44.1 Å². The van der Waals surface area contributed by atoms with E-state index in [1.165, 1.54) is 24.6 Å². The summed E-state index contributed by atoms with van der Waals surface area (Å²) in [5, 5.41) is 28.7. The molecule has 0 atom stereocenters. The van der Waals surface area contributed by atoms with Gasteiger partial charge >= 0.3 is 6.09 Å². The van der Waals surface area contributed by atoms with Crippen molar-refractivity contribution in [2.45, 2.75) is 12.8 Å². The second kappa shape index (κ2) is 41.2. The lowest BCUT2D eigenvalue weighted by Crippen LogP contribution is -2.24. The maximum absolute atomic E-state index is 11.9. The zero-order valence-corrected chi connectivity index (χ0v) is 32.8. The highest BCUT2D eigenvalue weighted by Gasteiger charge is 2.02. The van der Waals surface area contributed by atoms with Gasteiger partial charge in [-0.2, -0.15) is 9.78 Å². The molecule has 0 aliphatic heterocycles. The van der Waals surface area contributed by atoms with Gasteiger partial charge in [0.25, 0.3) is 5.24 Å². The molecule has 45 heavy (non-hydrogen) atoms. The minimum atomic E-state index is -0.464. The van der Waals surface area contributed by atoms with Gasteiger partial charge in [0.05, 0.1) is 36.7 Å². The number of aliphatic hydroxyl groups is 2. The molecule has 0 saturated heterocycles. The maximum Gasteiger partial charge on any atom is 0.407 e. The molecule has 2 amide bonds. The molecule has 0 aliphatic carbocycles. The van der Waals surface area contributed by atoms with E-state index in [2.05, 4.69) is 20.6 Å². The van der Waals surface area contributed by atoms with Crippen LogP contribution in [0, 0.1) is 0 Å². The number of carbonyl (C=O) groups is 2. The fourth-order valence-electron chi connectivity index (χ4n) is 1.85.